The Balaban J connectivity index is 1.82. The molecule has 1 aliphatic heterocycles. The number of nitrogens with zero attached hydrogens (tertiary/aromatic N) is 2. The summed E-state index contributed by atoms with van der Waals surface area (Å²) >= 11 is 0. The summed E-state index contributed by atoms with van der Waals surface area (Å²) in [5.74, 6) is -0.00383. The zero-order valence-electron chi connectivity index (χ0n) is 21.4. The van der Waals surface area contributed by atoms with Crippen LogP contribution in [-0.4, -0.2) is 62.7 Å². The summed E-state index contributed by atoms with van der Waals surface area (Å²) in [6.45, 7) is 4.96. The van der Waals surface area contributed by atoms with Gasteiger partial charge in [0.15, 0.2) is 0 Å². The predicted molar refractivity (Wildman–Crippen MR) is 139 cm³/mol. The Morgan fingerprint density at radius 2 is 1.81 bits per heavy atom. The lowest BCUT2D eigenvalue weighted by Gasteiger charge is -2.31. The third kappa shape index (κ3) is 6.25. The van der Waals surface area contributed by atoms with E-state index in [4.69, 9.17) is 10.5 Å². The smallest absolute Gasteiger partial charge is 0.266 e. The second-order valence-corrected chi connectivity index (χ2v) is 11.6. The normalized spacial score (nSPS) is 18.0. The lowest BCUT2D eigenvalue weighted by molar-refractivity contribution is -0.142. The van der Waals surface area contributed by atoms with Crippen LogP contribution >= 0.6 is 0 Å². The van der Waals surface area contributed by atoms with Gasteiger partial charge in [-0.25, -0.2) is 12.7 Å². The van der Waals surface area contributed by atoms with Crippen molar-refractivity contribution in [3.05, 3.63) is 60.2 Å². The molecule has 0 aliphatic carbocycles. The minimum absolute atomic E-state index is 0.0184. The highest BCUT2D eigenvalue weighted by molar-refractivity contribution is 7.89. The molecule has 196 valence electrons. The van der Waals surface area contributed by atoms with E-state index in [0.29, 0.717) is 31.7 Å². The second-order valence-electron chi connectivity index (χ2n) is 9.77. The Hall–Kier alpha value is -2.91. The summed E-state index contributed by atoms with van der Waals surface area (Å²) in [5.41, 5.74) is 5.91. The molecule has 1 saturated heterocycles. The van der Waals surface area contributed by atoms with E-state index < -0.39 is 21.3 Å². The number of ether oxygens (including phenoxy) is 1. The van der Waals surface area contributed by atoms with Gasteiger partial charge in [-0.1, -0.05) is 44.2 Å². The second kappa shape index (κ2) is 11.9. The monoisotopic (exact) mass is 515 g/mol. The van der Waals surface area contributed by atoms with Crippen LogP contribution in [0, 0.1) is 11.3 Å². The molecule has 0 bridgehead atoms. The molecule has 1 unspecified atom stereocenters. The Morgan fingerprint density at radius 1 is 1.14 bits per heavy atom. The molecule has 2 aromatic rings. The van der Waals surface area contributed by atoms with Gasteiger partial charge in [0.25, 0.3) is 10.0 Å². The average molecular weight is 516 g/mol. The van der Waals surface area contributed by atoms with Crippen molar-refractivity contribution >= 4 is 21.8 Å². The van der Waals surface area contributed by atoms with Crippen molar-refractivity contribution in [1.29, 1.82) is 0 Å². The highest BCUT2D eigenvalue weighted by atomic mass is 32.2. The first-order valence-corrected chi connectivity index (χ1v) is 13.8. The Kier molecular flexibility index (Phi) is 9.13. The molecule has 8 nitrogen and oxygen atoms in total. The first-order chi connectivity index (χ1) is 17.1. The third-order valence-corrected chi connectivity index (χ3v) is 8.50. The number of sulfonamides is 1. The molecule has 1 fully saturated rings. The number of carbonyl (C=O) groups is 2. The van der Waals surface area contributed by atoms with Gasteiger partial charge in [-0.2, -0.15) is 0 Å². The standard InChI is InChI=1S/C27H37N3O5S/c1-21(2)19-27(14-17-29(26(27)32)16-13-22-7-5-4-6-8-22)20-25(31)30(18-15-28)36(33,34)24-11-9-23(35-3)10-12-24/h4-12,21H,13-20,28H2,1-3H3. The maximum atomic E-state index is 13.7. The fourth-order valence-corrected chi connectivity index (χ4v) is 6.38. The van der Waals surface area contributed by atoms with E-state index in [-0.39, 0.29) is 36.2 Å². The van der Waals surface area contributed by atoms with Crippen LogP contribution in [0.4, 0.5) is 0 Å². The van der Waals surface area contributed by atoms with E-state index in [1.165, 1.54) is 31.4 Å². The largest absolute Gasteiger partial charge is 0.497 e. The Labute approximate surface area is 214 Å². The number of amides is 2. The maximum Gasteiger partial charge on any atom is 0.266 e. The van der Waals surface area contributed by atoms with Crippen LogP contribution in [0.5, 0.6) is 5.75 Å². The average Bonchev–Trinajstić information content (AvgIpc) is 3.15. The third-order valence-electron chi connectivity index (χ3n) is 6.66. The Morgan fingerprint density at radius 3 is 2.39 bits per heavy atom. The van der Waals surface area contributed by atoms with Crippen molar-refractivity contribution in [2.24, 2.45) is 17.1 Å². The van der Waals surface area contributed by atoms with Crippen LogP contribution in [0.1, 0.15) is 38.7 Å². The van der Waals surface area contributed by atoms with Crippen molar-refractivity contribution in [2.45, 2.75) is 44.4 Å². The summed E-state index contributed by atoms with van der Waals surface area (Å²) in [7, 11) is -2.65. The van der Waals surface area contributed by atoms with Crippen LogP contribution in [0.3, 0.4) is 0 Å². The molecule has 36 heavy (non-hydrogen) atoms. The van der Waals surface area contributed by atoms with E-state index in [1.807, 2.05) is 49.1 Å². The SMILES string of the molecule is COc1ccc(S(=O)(=O)N(CCN)C(=O)CC2(CC(C)C)CCN(CCc3ccccc3)C2=O)cc1. The van der Waals surface area contributed by atoms with Gasteiger partial charge in [0.05, 0.1) is 17.4 Å². The molecule has 1 aliphatic rings. The molecule has 2 aromatic carbocycles. The lowest BCUT2D eigenvalue weighted by Crippen LogP contribution is -2.45. The first-order valence-electron chi connectivity index (χ1n) is 12.4. The molecular weight excluding hydrogens is 478 g/mol. The van der Waals surface area contributed by atoms with Crippen molar-refractivity contribution in [2.75, 3.05) is 33.3 Å². The van der Waals surface area contributed by atoms with Gasteiger partial charge in [0.2, 0.25) is 11.8 Å². The number of hydrogen-bond acceptors (Lipinski definition) is 6. The molecule has 1 atom stereocenters. The number of likely N-dealkylation sites (tertiary alicyclic amines) is 1. The van der Waals surface area contributed by atoms with Crippen LogP contribution in [0.2, 0.25) is 0 Å². The van der Waals surface area contributed by atoms with Crippen molar-refractivity contribution < 1.29 is 22.7 Å². The number of methoxy groups -OCH3 is 1. The summed E-state index contributed by atoms with van der Waals surface area (Å²) in [6.07, 6.45) is 1.59. The predicted octanol–water partition coefficient (Wildman–Crippen LogP) is 3.07. The molecule has 0 spiro atoms. The van der Waals surface area contributed by atoms with Gasteiger partial charge in [0.1, 0.15) is 5.75 Å². The molecule has 0 radical (unpaired) electrons. The summed E-state index contributed by atoms with van der Waals surface area (Å²) < 4.78 is 32.7. The molecule has 9 heteroatoms. The van der Waals surface area contributed by atoms with Gasteiger partial charge in [-0.05, 0) is 55.0 Å². The highest BCUT2D eigenvalue weighted by Crippen LogP contribution is 2.42. The minimum Gasteiger partial charge on any atom is -0.497 e. The quantitative estimate of drug-likeness (QED) is 0.465. The van der Waals surface area contributed by atoms with Crippen molar-refractivity contribution in [3.8, 4) is 5.75 Å². The molecular formula is C27H37N3O5S. The number of nitrogens with two attached hydrogens (primary N) is 1. The highest BCUT2D eigenvalue weighted by Gasteiger charge is 2.49. The molecule has 2 N–H and O–H groups in total. The van der Waals surface area contributed by atoms with Gasteiger partial charge in [-0.3, -0.25) is 9.59 Å². The summed E-state index contributed by atoms with van der Waals surface area (Å²) in [5, 5.41) is 0. The molecule has 2 amide bonds. The maximum absolute atomic E-state index is 13.7. The molecule has 0 aromatic heterocycles. The van der Waals surface area contributed by atoms with Crippen LogP contribution in [0.25, 0.3) is 0 Å². The van der Waals surface area contributed by atoms with E-state index >= 15 is 0 Å². The van der Waals surface area contributed by atoms with Gasteiger partial charge >= 0.3 is 0 Å². The van der Waals surface area contributed by atoms with E-state index in [0.717, 1.165) is 16.3 Å². The Bertz CT molecular complexity index is 1140. The number of hydrogen-bond donors (Lipinski definition) is 1. The number of benzene rings is 2. The van der Waals surface area contributed by atoms with Crippen LogP contribution in [0.15, 0.2) is 59.5 Å². The van der Waals surface area contributed by atoms with E-state index in [1.54, 1.807) is 0 Å². The molecule has 1 heterocycles. The number of rotatable bonds is 12. The van der Waals surface area contributed by atoms with Gasteiger partial charge < -0.3 is 15.4 Å². The van der Waals surface area contributed by atoms with Crippen molar-refractivity contribution in [1.82, 2.24) is 9.21 Å². The minimum atomic E-state index is -4.14. The first kappa shape index (κ1) is 27.7. The van der Waals surface area contributed by atoms with Crippen LogP contribution < -0.4 is 10.5 Å². The van der Waals surface area contributed by atoms with Crippen molar-refractivity contribution in [3.63, 3.8) is 0 Å². The van der Waals surface area contributed by atoms with Crippen LogP contribution in [-0.2, 0) is 26.0 Å². The zero-order valence-corrected chi connectivity index (χ0v) is 22.2. The summed E-state index contributed by atoms with van der Waals surface area (Å²) in [6, 6.07) is 15.8. The molecule has 3 rings (SSSR count). The van der Waals surface area contributed by atoms with Gasteiger partial charge in [-0.15, -0.1) is 0 Å². The van der Waals surface area contributed by atoms with Gasteiger partial charge in [0, 0.05) is 32.6 Å². The fourth-order valence-electron chi connectivity index (χ4n) is 4.97. The summed E-state index contributed by atoms with van der Waals surface area (Å²) in [4.78, 5) is 29.0. The topological polar surface area (TPSA) is 110 Å². The lowest BCUT2D eigenvalue weighted by atomic mass is 9.75. The zero-order chi connectivity index (χ0) is 26.3. The fraction of sp³-hybridized carbons (Fsp3) is 0.481. The molecule has 0 saturated carbocycles. The number of carbonyl (C=O) groups excluding carboxylic acids is 2. The van der Waals surface area contributed by atoms with E-state index in [2.05, 4.69) is 0 Å². The van der Waals surface area contributed by atoms with E-state index in [9.17, 15) is 18.0 Å².